The molecule has 0 aromatic carbocycles. The van der Waals surface area contributed by atoms with Gasteiger partial charge in [0, 0.05) is 11.9 Å². The molecule has 1 aliphatic rings. The summed E-state index contributed by atoms with van der Waals surface area (Å²) in [5, 5.41) is 0. The van der Waals surface area contributed by atoms with Crippen LogP contribution in [0.1, 0.15) is 54.8 Å². The lowest BCUT2D eigenvalue weighted by atomic mass is 9.82. The molecule has 1 heteroatoms. The van der Waals surface area contributed by atoms with Gasteiger partial charge in [0.1, 0.15) is 0 Å². The minimum atomic E-state index is 0.789. The van der Waals surface area contributed by atoms with Gasteiger partial charge in [-0.1, -0.05) is 19.3 Å². The Balaban J connectivity index is 2.29. The Bertz CT molecular complexity index is 291. The molecule has 1 aliphatic carbocycles. The van der Waals surface area contributed by atoms with Gasteiger partial charge in [0.05, 0.1) is 0 Å². The largest absolute Gasteiger partial charge is 0.261 e. The minimum absolute atomic E-state index is 0.789. The van der Waals surface area contributed by atoms with E-state index in [2.05, 4.69) is 24.9 Å². The van der Waals surface area contributed by atoms with E-state index in [4.69, 9.17) is 0 Å². The Hall–Kier alpha value is -0.850. The Morgan fingerprint density at radius 3 is 2.50 bits per heavy atom. The molecular weight excluding hydrogens is 170 g/mol. The summed E-state index contributed by atoms with van der Waals surface area (Å²) in [6.07, 6.45) is 8.89. The Morgan fingerprint density at radius 1 is 1.14 bits per heavy atom. The van der Waals surface area contributed by atoms with E-state index in [1.165, 1.54) is 48.9 Å². The Labute approximate surface area is 86.6 Å². The molecule has 1 saturated carbocycles. The van der Waals surface area contributed by atoms with Crippen LogP contribution in [0.3, 0.4) is 0 Å². The van der Waals surface area contributed by atoms with Crippen molar-refractivity contribution in [3.05, 3.63) is 29.1 Å². The van der Waals surface area contributed by atoms with Crippen molar-refractivity contribution in [2.75, 3.05) is 0 Å². The molecule has 0 unspecified atom stereocenters. The summed E-state index contributed by atoms with van der Waals surface area (Å²) in [5.74, 6) is 0.789. The summed E-state index contributed by atoms with van der Waals surface area (Å²) in [7, 11) is 0. The normalized spacial score (nSPS) is 18.4. The predicted octanol–water partition coefficient (Wildman–Crippen LogP) is 3.75. The summed E-state index contributed by atoms with van der Waals surface area (Å²) >= 11 is 0. The lowest BCUT2D eigenvalue weighted by Gasteiger charge is -2.24. The average molecular weight is 189 g/mol. The Kier molecular flexibility index (Phi) is 2.85. The van der Waals surface area contributed by atoms with E-state index >= 15 is 0 Å². The molecule has 76 valence electrons. The van der Waals surface area contributed by atoms with Gasteiger partial charge in [0.15, 0.2) is 0 Å². The van der Waals surface area contributed by atoms with Crippen molar-refractivity contribution >= 4 is 0 Å². The third kappa shape index (κ3) is 1.82. The van der Waals surface area contributed by atoms with Crippen molar-refractivity contribution in [2.24, 2.45) is 0 Å². The maximum atomic E-state index is 4.42. The smallest absolute Gasteiger partial charge is 0.0410 e. The second kappa shape index (κ2) is 4.12. The highest BCUT2D eigenvalue weighted by Gasteiger charge is 2.19. The van der Waals surface area contributed by atoms with Crippen molar-refractivity contribution < 1.29 is 0 Å². The molecule has 0 N–H and O–H groups in total. The lowest BCUT2D eigenvalue weighted by molar-refractivity contribution is 0.440. The SMILES string of the molecule is Cc1ccnc(C)c1C1CCCCC1. The molecule has 14 heavy (non-hydrogen) atoms. The maximum Gasteiger partial charge on any atom is 0.0410 e. The van der Waals surface area contributed by atoms with Gasteiger partial charge in [0.2, 0.25) is 0 Å². The number of hydrogen-bond donors (Lipinski definition) is 0. The minimum Gasteiger partial charge on any atom is -0.261 e. The fourth-order valence-electron chi connectivity index (χ4n) is 2.71. The number of hydrogen-bond acceptors (Lipinski definition) is 1. The molecular formula is C13H19N. The zero-order valence-electron chi connectivity index (χ0n) is 9.21. The van der Waals surface area contributed by atoms with Gasteiger partial charge < -0.3 is 0 Å². The monoisotopic (exact) mass is 189 g/mol. The second-order valence-electron chi connectivity index (χ2n) is 4.46. The standard InChI is InChI=1S/C13H19N/c1-10-8-9-14-11(2)13(10)12-6-4-3-5-7-12/h8-9,12H,3-7H2,1-2H3. The summed E-state index contributed by atoms with van der Waals surface area (Å²) < 4.78 is 0. The van der Waals surface area contributed by atoms with Crippen LogP contribution in [0, 0.1) is 13.8 Å². The number of aryl methyl sites for hydroxylation is 2. The summed E-state index contributed by atoms with van der Waals surface area (Å²) in [5.41, 5.74) is 4.22. The Morgan fingerprint density at radius 2 is 1.86 bits per heavy atom. The van der Waals surface area contributed by atoms with E-state index in [0.29, 0.717) is 0 Å². The molecule has 1 nitrogen and oxygen atoms in total. The number of aromatic nitrogens is 1. The third-order valence-electron chi connectivity index (χ3n) is 3.42. The van der Waals surface area contributed by atoms with Crippen LogP contribution in [-0.4, -0.2) is 4.98 Å². The number of rotatable bonds is 1. The highest BCUT2D eigenvalue weighted by Crippen LogP contribution is 2.35. The van der Waals surface area contributed by atoms with Gasteiger partial charge in [-0.25, -0.2) is 0 Å². The maximum absolute atomic E-state index is 4.42. The number of nitrogens with zero attached hydrogens (tertiary/aromatic N) is 1. The quantitative estimate of drug-likeness (QED) is 0.655. The van der Waals surface area contributed by atoms with E-state index in [-0.39, 0.29) is 0 Å². The van der Waals surface area contributed by atoms with Crippen molar-refractivity contribution in [1.29, 1.82) is 0 Å². The van der Waals surface area contributed by atoms with Crippen LogP contribution in [0.15, 0.2) is 12.3 Å². The first-order chi connectivity index (χ1) is 6.79. The first kappa shape index (κ1) is 9.70. The van der Waals surface area contributed by atoms with Gasteiger partial charge >= 0.3 is 0 Å². The van der Waals surface area contributed by atoms with Gasteiger partial charge in [-0.15, -0.1) is 0 Å². The third-order valence-corrected chi connectivity index (χ3v) is 3.42. The van der Waals surface area contributed by atoms with Crippen LogP contribution in [0.4, 0.5) is 0 Å². The van der Waals surface area contributed by atoms with Crippen LogP contribution >= 0.6 is 0 Å². The first-order valence-corrected chi connectivity index (χ1v) is 5.71. The summed E-state index contributed by atoms with van der Waals surface area (Å²) in [6.45, 7) is 4.37. The zero-order valence-corrected chi connectivity index (χ0v) is 9.21. The molecule has 0 aliphatic heterocycles. The van der Waals surface area contributed by atoms with Crippen molar-refractivity contribution in [3.63, 3.8) is 0 Å². The fourth-order valence-corrected chi connectivity index (χ4v) is 2.71. The highest BCUT2D eigenvalue weighted by atomic mass is 14.7. The van der Waals surface area contributed by atoms with Crippen molar-refractivity contribution in [1.82, 2.24) is 4.98 Å². The van der Waals surface area contributed by atoms with Gasteiger partial charge in [-0.05, 0) is 49.8 Å². The molecule has 0 amide bonds. The average Bonchev–Trinajstić information content (AvgIpc) is 2.19. The van der Waals surface area contributed by atoms with Crippen LogP contribution in [0.2, 0.25) is 0 Å². The van der Waals surface area contributed by atoms with Crippen LogP contribution < -0.4 is 0 Å². The molecule has 2 rings (SSSR count). The molecule has 0 spiro atoms. The molecule has 0 saturated heterocycles. The van der Waals surface area contributed by atoms with E-state index in [1.54, 1.807) is 0 Å². The predicted molar refractivity (Wildman–Crippen MR) is 59.5 cm³/mol. The van der Waals surface area contributed by atoms with Gasteiger partial charge in [0.25, 0.3) is 0 Å². The fraction of sp³-hybridized carbons (Fsp3) is 0.615. The molecule has 1 aromatic heterocycles. The molecule has 1 fully saturated rings. The van der Waals surface area contributed by atoms with Crippen LogP contribution in [0.5, 0.6) is 0 Å². The van der Waals surface area contributed by atoms with E-state index in [1.807, 2.05) is 6.20 Å². The number of pyridine rings is 1. The molecule has 1 heterocycles. The summed E-state index contributed by atoms with van der Waals surface area (Å²) in [6, 6.07) is 2.15. The second-order valence-corrected chi connectivity index (χ2v) is 4.46. The highest BCUT2D eigenvalue weighted by molar-refractivity contribution is 5.31. The van der Waals surface area contributed by atoms with Crippen LogP contribution in [0.25, 0.3) is 0 Å². The summed E-state index contributed by atoms with van der Waals surface area (Å²) in [4.78, 5) is 4.42. The lowest BCUT2D eigenvalue weighted by Crippen LogP contribution is -2.08. The first-order valence-electron chi connectivity index (χ1n) is 5.71. The molecule has 0 atom stereocenters. The van der Waals surface area contributed by atoms with E-state index in [0.717, 1.165) is 5.92 Å². The van der Waals surface area contributed by atoms with Crippen molar-refractivity contribution in [3.8, 4) is 0 Å². The van der Waals surface area contributed by atoms with Crippen LogP contribution in [-0.2, 0) is 0 Å². The van der Waals surface area contributed by atoms with Gasteiger partial charge in [-0.2, -0.15) is 0 Å². The zero-order chi connectivity index (χ0) is 9.97. The van der Waals surface area contributed by atoms with E-state index in [9.17, 15) is 0 Å². The topological polar surface area (TPSA) is 12.9 Å². The molecule has 1 aromatic rings. The van der Waals surface area contributed by atoms with Crippen molar-refractivity contribution in [2.45, 2.75) is 51.9 Å². The molecule has 0 radical (unpaired) electrons. The molecule has 0 bridgehead atoms. The van der Waals surface area contributed by atoms with Gasteiger partial charge in [-0.3, -0.25) is 4.98 Å². The van der Waals surface area contributed by atoms with E-state index < -0.39 is 0 Å².